The van der Waals surface area contributed by atoms with Crippen LogP contribution in [0.4, 0.5) is 5.82 Å². The summed E-state index contributed by atoms with van der Waals surface area (Å²) in [6.45, 7) is 3.23. The van der Waals surface area contributed by atoms with Crippen molar-refractivity contribution < 1.29 is 9.90 Å². The van der Waals surface area contributed by atoms with Gasteiger partial charge in [0.2, 0.25) is 0 Å². The zero-order valence-electron chi connectivity index (χ0n) is 13.5. The molecule has 0 spiro atoms. The number of aliphatic hydroxyl groups is 1. The van der Waals surface area contributed by atoms with Gasteiger partial charge in [-0.2, -0.15) is 0 Å². The molecule has 0 aromatic carbocycles. The average molecular weight is 314 g/mol. The molecule has 1 fully saturated rings. The summed E-state index contributed by atoms with van der Waals surface area (Å²) in [7, 11) is 1.90. The van der Waals surface area contributed by atoms with Crippen LogP contribution in [-0.4, -0.2) is 38.5 Å². The largest absolute Gasteiger partial charge is 0.385 e. The Kier molecular flexibility index (Phi) is 4.43. The van der Waals surface area contributed by atoms with E-state index in [1.54, 1.807) is 19.3 Å². The fraction of sp³-hybridized carbons (Fsp3) is 0.471. The average Bonchev–Trinajstić information content (AvgIpc) is 3.00. The highest BCUT2D eigenvalue weighted by molar-refractivity contribution is 5.93. The fourth-order valence-electron chi connectivity index (χ4n) is 3.10. The van der Waals surface area contributed by atoms with Gasteiger partial charge in [0.1, 0.15) is 17.7 Å². The topological polar surface area (TPSA) is 71.2 Å². The van der Waals surface area contributed by atoms with Crippen molar-refractivity contribution in [3.05, 3.63) is 42.1 Å². The molecule has 122 valence electrons. The van der Waals surface area contributed by atoms with Crippen LogP contribution in [0.2, 0.25) is 0 Å². The van der Waals surface area contributed by atoms with Gasteiger partial charge in [0.15, 0.2) is 5.78 Å². The van der Waals surface area contributed by atoms with Crippen LogP contribution in [-0.2, 0) is 7.05 Å². The normalized spacial score (nSPS) is 17.3. The molecule has 1 aliphatic heterocycles. The number of ketones is 1. The molecule has 1 saturated heterocycles. The van der Waals surface area contributed by atoms with Gasteiger partial charge < -0.3 is 14.6 Å². The number of hydrogen-bond acceptors (Lipinski definition) is 5. The molecular formula is C17H22N4O2. The van der Waals surface area contributed by atoms with Gasteiger partial charge in [-0.15, -0.1) is 0 Å². The lowest BCUT2D eigenvalue weighted by molar-refractivity contribution is 0.0824. The number of imidazole rings is 1. The van der Waals surface area contributed by atoms with E-state index in [1.807, 2.05) is 29.9 Å². The van der Waals surface area contributed by atoms with Crippen molar-refractivity contribution in [1.29, 1.82) is 0 Å². The van der Waals surface area contributed by atoms with Crippen molar-refractivity contribution in [2.45, 2.75) is 25.9 Å². The predicted molar refractivity (Wildman–Crippen MR) is 87.3 cm³/mol. The summed E-state index contributed by atoms with van der Waals surface area (Å²) in [5.74, 6) is 1.86. The molecule has 2 aromatic heterocycles. The Hall–Kier alpha value is -2.21. The van der Waals surface area contributed by atoms with E-state index >= 15 is 0 Å². The second-order valence-corrected chi connectivity index (χ2v) is 6.13. The smallest absolute Gasteiger partial charge is 0.161 e. The van der Waals surface area contributed by atoms with Crippen molar-refractivity contribution in [2.24, 2.45) is 13.0 Å². The van der Waals surface area contributed by atoms with Crippen LogP contribution in [0, 0.1) is 5.92 Å². The van der Waals surface area contributed by atoms with Crippen molar-refractivity contribution in [3.63, 3.8) is 0 Å². The highest BCUT2D eigenvalue weighted by atomic mass is 16.3. The molecule has 1 aliphatic rings. The van der Waals surface area contributed by atoms with Crippen LogP contribution in [0.3, 0.4) is 0 Å². The van der Waals surface area contributed by atoms with E-state index in [4.69, 9.17) is 0 Å². The van der Waals surface area contributed by atoms with Crippen LogP contribution in [0.5, 0.6) is 0 Å². The minimum Gasteiger partial charge on any atom is -0.385 e. The summed E-state index contributed by atoms with van der Waals surface area (Å²) in [5, 5.41) is 10.5. The van der Waals surface area contributed by atoms with Gasteiger partial charge in [-0.1, -0.05) is 0 Å². The minimum atomic E-state index is -0.523. The molecule has 0 radical (unpaired) electrons. The van der Waals surface area contributed by atoms with E-state index in [0.29, 0.717) is 5.56 Å². The van der Waals surface area contributed by atoms with Crippen molar-refractivity contribution in [2.75, 3.05) is 18.0 Å². The number of hydrogen-bond donors (Lipinski definition) is 1. The lowest BCUT2D eigenvalue weighted by Crippen LogP contribution is -2.36. The first-order valence-corrected chi connectivity index (χ1v) is 7.93. The zero-order valence-corrected chi connectivity index (χ0v) is 13.5. The molecule has 0 amide bonds. The Labute approximate surface area is 135 Å². The van der Waals surface area contributed by atoms with Crippen molar-refractivity contribution in [3.8, 4) is 0 Å². The van der Waals surface area contributed by atoms with Crippen molar-refractivity contribution in [1.82, 2.24) is 14.5 Å². The van der Waals surface area contributed by atoms with Gasteiger partial charge in [0, 0.05) is 44.3 Å². The number of aliphatic hydroxyl groups excluding tert-OH is 1. The molecule has 2 aromatic rings. The molecule has 6 heteroatoms. The fourth-order valence-corrected chi connectivity index (χ4v) is 3.10. The lowest BCUT2D eigenvalue weighted by Gasteiger charge is -2.34. The second-order valence-electron chi connectivity index (χ2n) is 6.13. The Bertz CT molecular complexity index is 672. The zero-order chi connectivity index (χ0) is 16.4. The molecule has 6 nitrogen and oxygen atoms in total. The summed E-state index contributed by atoms with van der Waals surface area (Å²) in [6.07, 6.45) is 6.47. The first kappa shape index (κ1) is 15.7. The number of aromatic nitrogens is 3. The Morgan fingerprint density at radius 2 is 2.04 bits per heavy atom. The highest BCUT2D eigenvalue weighted by Crippen LogP contribution is 2.31. The number of anilines is 1. The third-order valence-corrected chi connectivity index (χ3v) is 4.59. The predicted octanol–water partition coefficient (Wildman–Crippen LogP) is 1.97. The van der Waals surface area contributed by atoms with Crippen LogP contribution in [0.25, 0.3) is 0 Å². The van der Waals surface area contributed by atoms with E-state index in [9.17, 15) is 9.90 Å². The van der Waals surface area contributed by atoms with E-state index in [1.165, 1.54) is 0 Å². The minimum absolute atomic E-state index is 0.0287. The molecule has 0 saturated carbocycles. The molecule has 3 rings (SSSR count). The molecule has 0 aliphatic carbocycles. The van der Waals surface area contributed by atoms with Gasteiger partial charge in [-0.3, -0.25) is 4.79 Å². The standard InChI is InChI=1S/C17H22N4O2/c1-12(22)14-3-4-15(19-11-14)21-8-5-13(6-9-21)16(23)17-18-7-10-20(17)2/h3-4,7,10-11,13,16,23H,5-6,8-9H2,1-2H3. The summed E-state index contributed by atoms with van der Waals surface area (Å²) < 4.78 is 1.87. The van der Waals surface area contributed by atoms with E-state index in [-0.39, 0.29) is 11.7 Å². The number of carbonyl (C=O) groups excluding carboxylic acids is 1. The first-order chi connectivity index (χ1) is 11.1. The van der Waals surface area contributed by atoms with Crippen LogP contribution >= 0.6 is 0 Å². The second kappa shape index (κ2) is 6.50. The Morgan fingerprint density at radius 1 is 1.30 bits per heavy atom. The number of carbonyl (C=O) groups is 1. The van der Waals surface area contributed by atoms with Gasteiger partial charge in [0.05, 0.1) is 0 Å². The molecule has 3 heterocycles. The van der Waals surface area contributed by atoms with Gasteiger partial charge >= 0.3 is 0 Å². The number of nitrogens with zero attached hydrogens (tertiary/aromatic N) is 4. The Balaban J connectivity index is 1.62. The van der Waals surface area contributed by atoms with Gasteiger partial charge in [-0.25, -0.2) is 9.97 Å². The summed E-state index contributed by atoms with van der Waals surface area (Å²) >= 11 is 0. The van der Waals surface area contributed by atoms with Crippen LogP contribution < -0.4 is 4.90 Å². The van der Waals surface area contributed by atoms with E-state index < -0.39 is 6.10 Å². The maximum Gasteiger partial charge on any atom is 0.161 e. The SMILES string of the molecule is CC(=O)c1ccc(N2CCC(C(O)c3nccn3C)CC2)nc1. The molecule has 1 atom stereocenters. The summed E-state index contributed by atoms with van der Waals surface area (Å²) in [5.41, 5.74) is 0.633. The summed E-state index contributed by atoms with van der Waals surface area (Å²) in [6, 6.07) is 3.71. The maximum absolute atomic E-state index is 11.3. The number of rotatable bonds is 4. The Morgan fingerprint density at radius 3 is 2.57 bits per heavy atom. The number of aryl methyl sites for hydroxylation is 1. The number of piperidine rings is 1. The molecule has 1 unspecified atom stereocenters. The van der Waals surface area contributed by atoms with E-state index in [2.05, 4.69) is 14.9 Å². The highest BCUT2D eigenvalue weighted by Gasteiger charge is 2.28. The van der Waals surface area contributed by atoms with Crippen LogP contribution in [0.1, 0.15) is 42.1 Å². The lowest BCUT2D eigenvalue weighted by atomic mass is 9.90. The van der Waals surface area contributed by atoms with Gasteiger partial charge in [0.25, 0.3) is 0 Å². The molecule has 23 heavy (non-hydrogen) atoms. The first-order valence-electron chi connectivity index (χ1n) is 7.93. The van der Waals surface area contributed by atoms with Crippen molar-refractivity contribution >= 4 is 11.6 Å². The quantitative estimate of drug-likeness (QED) is 0.874. The third-order valence-electron chi connectivity index (χ3n) is 4.59. The van der Waals surface area contributed by atoms with Gasteiger partial charge in [-0.05, 0) is 37.8 Å². The van der Waals surface area contributed by atoms with E-state index in [0.717, 1.165) is 37.6 Å². The summed E-state index contributed by atoms with van der Waals surface area (Å²) in [4.78, 5) is 22.1. The van der Waals surface area contributed by atoms with Crippen LogP contribution in [0.15, 0.2) is 30.7 Å². The monoisotopic (exact) mass is 314 g/mol. The third kappa shape index (κ3) is 3.27. The molecule has 1 N–H and O–H groups in total. The number of Topliss-reactive ketones (excluding diaryl/α,β-unsaturated/α-hetero) is 1. The molecular weight excluding hydrogens is 292 g/mol. The number of pyridine rings is 1. The maximum atomic E-state index is 11.3. The molecule has 0 bridgehead atoms.